The fourth-order valence-corrected chi connectivity index (χ4v) is 1.81. The van der Waals surface area contributed by atoms with Gasteiger partial charge in [0.2, 0.25) is 0 Å². The van der Waals surface area contributed by atoms with E-state index in [1.165, 1.54) is 18.3 Å². The molecule has 0 radical (unpaired) electrons. The molecule has 0 aliphatic rings. The Bertz CT molecular complexity index is 689. The summed E-state index contributed by atoms with van der Waals surface area (Å²) < 4.78 is 5.48. The molecule has 1 aromatic carbocycles. The molecule has 5 N–H and O–H groups in total. The van der Waals surface area contributed by atoms with Gasteiger partial charge in [0.05, 0.1) is 11.1 Å². The Morgan fingerprint density at radius 3 is 2.86 bits per heavy atom. The van der Waals surface area contributed by atoms with Crippen molar-refractivity contribution in [3.8, 4) is 11.5 Å². The van der Waals surface area contributed by atoms with E-state index >= 15 is 0 Å². The normalized spacial score (nSPS) is 12.0. The van der Waals surface area contributed by atoms with Crippen LogP contribution in [0.3, 0.4) is 0 Å². The second kappa shape index (κ2) is 6.14. The number of pyridine rings is 1. The van der Waals surface area contributed by atoms with Crippen molar-refractivity contribution in [3.05, 3.63) is 34.9 Å². The number of nitroso groups, excluding NO2 is 1. The molecule has 0 bridgehead atoms. The first-order chi connectivity index (χ1) is 10.1. The van der Waals surface area contributed by atoms with Crippen molar-refractivity contribution in [2.45, 2.75) is 6.04 Å². The number of primary amides is 1. The molecule has 1 aromatic heterocycles. The number of benzene rings is 1. The van der Waals surface area contributed by atoms with Crippen LogP contribution in [0, 0.1) is 4.91 Å². The highest BCUT2D eigenvalue weighted by Crippen LogP contribution is 2.30. The summed E-state index contributed by atoms with van der Waals surface area (Å²) in [7, 11) is 0. The Morgan fingerprint density at radius 1 is 1.48 bits per heavy atom. The first-order valence-electron chi connectivity index (χ1n) is 6.13. The molecule has 8 heteroatoms. The highest BCUT2D eigenvalue weighted by atomic mass is 16.5. The van der Waals surface area contributed by atoms with Gasteiger partial charge in [0.25, 0.3) is 5.91 Å². The van der Waals surface area contributed by atoms with Crippen molar-refractivity contribution in [1.82, 2.24) is 4.98 Å². The summed E-state index contributed by atoms with van der Waals surface area (Å²) in [6.07, 6.45) is 1.48. The van der Waals surface area contributed by atoms with E-state index in [4.69, 9.17) is 16.2 Å². The lowest BCUT2D eigenvalue weighted by Gasteiger charge is -2.12. The van der Waals surface area contributed by atoms with Gasteiger partial charge in [-0.3, -0.25) is 9.78 Å². The third-order valence-corrected chi connectivity index (χ3v) is 2.94. The van der Waals surface area contributed by atoms with E-state index in [1.54, 1.807) is 6.07 Å². The number of nitrogens with two attached hydrogens (primary N) is 2. The minimum absolute atomic E-state index is 0.0114. The Kier molecular flexibility index (Phi) is 4.29. The van der Waals surface area contributed by atoms with Crippen LogP contribution in [0.25, 0.3) is 10.9 Å². The van der Waals surface area contributed by atoms with Gasteiger partial charge in [-0.15, -0.1) is 0 Å². The first-order valence-corrected chi connectivity index (χ1v) is 6.13. The zero-order chi connectivity index (χ0) is 15.4. The molecule has 2 aromatic rings. The quantitative estimate of drug-likeness (QED) is 0.662. The molecule has 0 aliphatic carbocycles. The number of carbonyl (C=O) groups excluding carboxylic acids is 1. The molecule has 0 fully saturated rings. The van der Waals surface area contributed by atoms with Crippen molar-refractivity contribution < 1.29 is 14.6 Å². The van der Waals surface area contributed by atoms with Gasteiger partial charge in [-0.2, -0.15) is 4.91 Å². The fraction of sp³-hybridized carbons (Fsp3) is 0.231. The van der Waals surface area contributed by atoms with Gasteiger partial charge in [0, 0.05) is 18.1 Å². The molecule has 1 atom stereocenters. The van der Waals surface area contributed by atoms with Gasteiger partial charge < -0.3 is 21.3 Å². The van der Waals surface area contributed by atoms with Crippen LogP contribution in [0.2, 0.25) is 0 Å². The van der Waals surface area contributed by atoms with Gasteiger partial charge >= 0.3 is 0 Å². The standard InChI is InChI=1S/C13H14N4O4/c14-5-7(17-20)6-21-12-1-2-16-10-3-9(13(15)19)11(18)4-8(10)12/h1-4,7,18H,5-6,14H2,(H2,15,19)/t7-/m1/s1. The van der Waals surface area contributed by atoms with Gasteiger partial charge in [-0.1, -0.05) is 5.18 Å². The predicted molar refractivity (Wildman–Crippen MR) is 76.1 cm³/mol. The van der Waals surface area contributed by atoms with E-state index in [9.17, 15) is 14.8 Å². The molecule has 0 saturated carbocycles. The van der Waals surface area contributed by atoms with Crippen molar-refractivity contribution in [2.75, 3.05) is 13.2 Å². The summed E-state index contributed by atoms with van der Waals surface area (Å²) in [5.74, 6) is -0.624. The number of hydrogen-bond acceptors (Lipinski definition) is 7. The molecular weight excluding hydrogens is 276 g/mol. The van der Waals surface area contributed by atoms with Crippen molar-refractivity contribution >= 4 is 16.8 Å². The van der Waals surface area contributed by atoms with Crippen LogP contribution in [0.15, 0.2) is 29.6 Å². The first kappa shape index (κ1) is 14.7. The molecule has 0 saturated heterocycles. The Morgan fingerprint density at radius 2 is 2.24 bits per heavy atom. The summed E-state index contributed by atoms with van der Waals surface area (Å²) in [5.41, 5.74) is 10.9. The summed E-state index contributed by atoms with van der Waals surface area (Å²) in [5, 5.41) is 13.1. The van der Waals surface area contributed by atoms with E-state index in [0.29, 0.717) is 16.7 Å². The number of aromatic hydroxyl groups is 1. The van der Waals surface area contributed by atoms with Gasteiger partial charge in [-0.05, 0) is 18.2 Å². The maximum Gasteiger partial charge on any atom is 0.252 e. The average molecular weight is 290 g/mol. The van der Waals surface area contributed by atoms with Crippen LogP contribution in [0.1, 0.15) is 10.4 Å². The maximum atomic E-state index is 11.2. The van der Waals surface area contributed by atoms with Crippen LogP contribution >= 0.6 is 0 Å². The lowest BCUT2D eigenvalue weighted by molar-refractivity contribution is 0.0998. The number of nitrogens with zero attached hydrogens (tertiary/aromatic N) is 2. The molecule has 2 rings (SSSR count). The third kappa shape index (κ3) is 3.06. The van der Waals surface area contributed by atoms with Crippen LogP contribution in [0.5, 0.6) is 11.5 Å². The number of fused-ring (bicyclic) bond motifs is 1. The molecule has 0 spiro atoms. The fourth-order valence-electron chi connectivity index (χ4n) is 1.81. The lowest BCUT2D eigenvalue weighted by Crippen LogP contribution is -2.24. The number of carbonyl (C=O) groups is 1. The SMILES string of the molecule is NC[C@H](COc1ccnc2cc(C(N)=O)c(O)cc12)N=O. The van der Waals surface area contributed by atoms with E-state index in [2.05, 4.69) is 10.2 Å². The Labute approximate surface area is 119 Å². The summed E-state index contributed by atoms with van der Waals surface area (Å²) >= 11 is 0. The van der Waals surface area contributed by atoms with Crippen LogP contribution in [-0.2, 0) is 0 Å². The third-order valence-electron chi connectivity index (χ3n) is 2.94. The lowest BCUT2D eigenvalue weighted by atomic mass is 10.1. The summed E-state index contributed by atoms with van der Waals surface area (Å²) in [6.45, 7) is 0.0844. The molecular formula is C13H14N4O4. The highest BCUT2D eigenvalue weighted by Gasteiger charge is 2.14. The van der Waals surface area contributed by atoms with E-state index in [1.807, 2.05) is 0 Å². The predicted octanol–water partition coefficient (Wildman–Crippen LogP) is 0.512. The smallest absolute Gasteiger partial charge is 0.252 e. The molecule has 1 heterocycles. The number of phenols is 1. The van der Waals surface area contributed by atoms with Crippen LogP contribution < -0.4 is 16.2 Å². The Balaban J connectivity index is 2.39. The highest BCUT2D eigenvalue weighted by molar-refractivity contribution is 6.00. The summed E-state index contributed by atoms with van der Waals surface area (Å²) in [6, 6.07) is 3.62. The number of aromatic nitrogens is 1. The number of hydrogen-bond donors (Lipinski definition) is 3. The summed E-state index contributed by atoms with van der Waals surface area (Å²) in [4.78, 5) is 25.8. The van der Waals surface area contributed by atoms with Crippen molar-refractivity contribution in [3.63, 3.8) is 0 Å². The number of amides is 1. The van der Waals surface area contributed by atoms with Gasteiger partial charge in [-0.25, -0.2) is 0 Å². The topological polar surface area (TPSA) is 141 Å². The van der Waals surface area contributed by atoms with E-state index in [-0.39, 0.29) is 24.5 Å². The van der Waals surface area contributed by atoms with Gasteiger partial charge in [0.1, 0.15) is 24.1 Å². The molecule has 0 unspecified atom stereocenters. The van der Waals surface area contributed by atoms with Crippen LogP contribution in [-0.4, -0.2) is 35.2 Å². The van der Waals surface area contributed by atoms with Gasteiger partial charge in [0.15, 0.2) is 0 Å². The average Bonchev–Trinajstić information content (AvgIpc) is 2.47. The molecule has 110 valence electrons. The maximum absolute atomic E-state index is 11.2. The monoisotopic (exact) mass is 290 g/mol. The zero-order valence-corrected chi connectivity index (χ0v) is 11.0. The van der Waals surface area contributed by atoms with E-state index in [0.717, 1.165) is 0 Å². The number of rotatable bonds is 6. The molecule has 21 heavy (non-hydrogen) atoms. The second-order valence-corrected chi connectivity index (χ2v) is 4.37. The van der Waals surface area contributed by atoms with Crippen LogP contribution in [0.4, 0.5) is 0 Å². The second-order valence-electron chi connectivity index (χ2n) is 4.37. The molecule has 0 aliphatic heterocycles. The molecule has 1 amide bonds. The zero-order valence-electron chi connectivity index (χ0n) is 11.0. The van der Waals surface area contributed by atoms with Crippen molar-refractivity contribution in [1.29, 1.82) is 0 Å². The van der Waals surface area contributed by atoms with Crippen molar-refractivity contribution in [2.24, 2.45) is 16.6 Å². The minimum atomic E-state index is -0.754. The largest absolute Gasteiger partial charge is 0.507 e. The minimum Gasteiger partial charge on any atom is -0.507 e. The number of ether oxygens (including phenoxy) is 1. The molecule has 8 nitrogen and oxygen atoms in total. The van der Waals surface area contributed by atoms with E-state index < -0.39 is 11.9 Å². The Hall–Kier alpha value is -2.74.